The first-order chi connectivity index (χ1) is 12.7. The van der Waals surface area contributed by atoms with Crippen LogP contribution >= 0.6 is 47.8 Å². The van der Waals surface area contributed by atoms with Gasteiger partial charge in [-0.25, -0.2) is 0 Å². The van der Waals surface area contributed by atoms with E-state index < -0.39 is 6.10 Å². The molecule has 2 unspecified atom stereocenters. The van der Waals surface area contributed by atoms with Crippen molar-refractivity contribution in [1.82, 2.24) is 0 Å². The van der Waals surface area contributed by atoms with Crippen molar-refractivity contribution in [2.24, 2.45) is 0 Å². The monoisotopic (exact) mass is 568 g/mol. The molecule has 0 bridgehead atoms. The highest BCUT2D eigenvalue weighted by molar-refractivity contribution is 9.09. The molecule has 0 aliphatic carbocycles. The van der Waals surface area contributed by atoms with Crippen LogP contribution in [0.3, 0.4) is 0 Å². The van der Waals surface area contributed by atoms with Crippen molar-refractivity contribution in [2.45, 2.75) is 50.7 Å². The van der Waals surface area contributed by atoms with E-state index in [0.717, 1.165) is 61.1 Å². The fourth-order valence-electron chi connectivity index (χ4n) is 2.01. The molecule has 0 saturated heterocycles. The van der Waals surface area contributed by atoms with Crippen LogP contribution in [0.25, 0.3) is 0 Å². The third kappa shape index (κ3) is 20.0. The second-order valence-electron chi connectivity index (χ2n) is 6.02. The predicted octanol–water partition coefficient (Wildman–Crippen LogP) is 4.31. The second kappa shape index (κ2) is 22.5. The first kappa shape index (κ1) is 27.2. The first-order valence-electron chi connectivity index (χ1n) is 9.45. The predicted molar refractivity (Wildman–Crippen MR) is 117 cm³/mol. The molecule has 0 aliphatic rings. The zero-order valence-electron chi connectivity index (χ0n) is 15.7. The van der Waals surface area contributed by atoms with Crippen molar-refractivity contribution in [2.75, 3.05) is 62.2 Å². The molecule has 0 aromatic rings. The van der Waals surface area contributed by atoms with Crippen molar-refractivity contribution in [3.63, 3.8) is 0 Å². The summed E-state index contributed by atoms with van der Waals surface area (Å²) in [7, 11) is 0. The standard InChI is InChI=1S/C18H35Br3O5/c19-7-1-4-10-23-13-17(22)14-25-16-18(26-12-6-3-9-21)15-24-11-5-2-8-20/h17-18,22H,1-16H2. The van der Waals surface area contributed by atoms with Crippen LogP contribution in [0.5, 0.6) is 0 Å². The van der Waals surface area contributed by atoms with Gasteiger partial charge >= 0.3 is 0 Å². The molecule has 0 spiro atoms. The lowest BCUT2D eigenvalue weighted by Crippen LogP contribution is -2.30. The molecule has 5 nitrogen and oxygen atoms in total. The van der Waals surface area contributed by atoms with Gasteiger partial charge < -0.3 is 24.1 Å². The summed E-state index contributed by atoms with van der Waals surface area (Å²) in [6.45, 7) is 3.61. The van der Waals surface area contributed by atoms with Gasteiger partial charge in [-0.2, -0.15) is 0 Å². The molecule has 0 heterocycles. The molecule has 8 heteroatoms. The van der Waals surface area contributed by atoms with E-state index in [1.54, 1.807) is 0 Å². The molecule has 0 amide bonds. The minimum Gasteiger partial charge on any atom is -0.388 e. The van der Waals surface area contributed by atoms with E-state index in [1.807, 2.05) is 0 Å². The first-order valence-corrected chi connectivity index (χ1v) is 12.8. The molecular formula is C18H35Br3O5. The minimum absolute atomic E-state index is 0.0960. The van der Waals surface area contributed by atoms with Gasteiger partial charge in [0.05, 0.1) is 26.4 Å². The van der Waals surface area contributed by atoms with Gasteiger partial charge in [0, 0.05) is 35.8 Å². The van der Waals surface area contributed by atoms with E-state index in [4.69, 9.17) is 18.9 Å². The van der Waals surface area contributed by atoms with Crippen LogP contribution in [0.2, 0.25) is 0 Å². The highest BCUT2D eigenvalue weighted by atomic mass is 79.9. The lowest BCUT2D eigenvalue weighted by atomic mass is 10.3. The van der Waals surface area contributed by atoms with Crippen LogP contribution in [0, 0.1) is 0 Å². The summed E-state index contributed by atoms with van der Waals surface area (Å²) in [6.07, 6.45) is 5.62. The Hall–Kier alpha value is 1.24. The molecule has 0 aromatic carbocycles. The average Bonchev–Trinajstić information content (AvgIpc) is 2.64. The molecule has 1 N–H and O–H groups in total. The van der Waals surface area contributed by atoms with Crippen molar-refractivity contribution in [1.29, 1.82) is 0 Å². The number of unbranched alkanes of at least 4 members (excludes halogenated alkanes) is 3. The summed E-state index contributed by atoms with van der Waals surface area (Å²) >= 11 is 10.2. The van der Waals surface area contributed by atoms with E-state index in [-0.39, 0.29) is 12.7 Å². The maximum Gasteiger partial charge on any atom is 0.104 e. The largest absolute Gasteiger partial charge is 0.388 e. The molecule has 0 aliphatic heterocycles. The van der Waals surface area contributed by atoms with E-state index in [9.17, 15) is 5.11 Å². The number of hydrogen-bond acceptors (Lipinski definition) is 5. The van der Waals surface area contributed by atoms with Gasteiger partial charge in [-0.1, -0.05) is 47.8 Å². The smallest absolute Gasteiger partial charge is 0.104 e. The van der Waals surface area contributed by atoms with Gasteiger partial charge in [0.15, 0.2) is 0 Å². The van der Waals surface area contributed by atoms with E-state index in [1.165, 1.54) is 0 Å². The maximum atomic E-state index is 9.90. The molecule has 0 saturated carbocycles. The Labute approximate surface area is 184 Å². The van der Waals surface area contributed by atoms with Crippen molar-refractivity contribution < 1.29 is 24.1 Å². The molecule has 26 heavy (non-hydrogen) atoms. The Morgan fingerprint density at radius 3 is 1.62 bits per heavy atom. The summed E-state index contributed by atoms with van der Waals surface area (Å²) in [4.78, 5) is 0. The molecular weight excluding hydrogens is 536 g/mol. The Balaban J connectivity index is 3.84. The van der Waals surface area contributed by atoms with E-state index in [2.05, 4.69) is 47.8 Å². The van der Waals surface area contributed by atoms with Gasteiger partial charge in [-0.15, -0.1) is 0 Å². The number of rotatable bonds is 21. The van der Waals surface area contributed by atoms with Gasteiger partial charge in [0.25, 0.3) is 0 Å². The van der Waals surface area contributed by atoms with Crippen LogP contribution in [-0.2, 0) is 18.9 Å². The summed E-state index contributed by atoms with van der Waals surface area (Å²) in [6, 6.07) is 0. The Morgan fingerprint density at radius 1 is 0.577 bits per heavy atom. The third-order valence-corrected chi connectivity index (χ3v) is 5.14. The van der Waals surface area contributed by atoms with Gasteiger partial charge in [0.1, 0.15) is 12.2 Å². The average molecular weight is 571 g/mol. The zero-order chi connectivity index (χ0) is 19.3. The Morgan fingerprint density at radius 2 is 1.04 bits per heavy atom. The van der Waals surface area contributed by atoms with Crippen LogP contribution in [0.1, 0.15) is 38.5 Å². The van der Waals surface area contributed by atoms with Crippen LogP contribution in [-0.4, -0.2) is 79.6 Å². The number of aliphatic hydroxyl groups excluding tert-OH is 1. The summed E-state index contributed by atoms with van der Waals surface area (Å²) in [5.41, 5.74) is 0. The normalized spacial score (nSPS) is 13.8. The van der Waals surface area contributed by atoms with Gasteiger partial charge in [0.2, 0.25) is 0 Å². The van der Waals surface area contributed by atoms with Crippen molar-refractivity contribution in [3.8, 4) is 0 Å². The fraction of sp³-hybridized carbons (Fsp3) is 1.00. The number of ether oxygens (including phenoxy) is 4. The second-order valence-corrected chi connectivity index (χ2v) is 8.40. The lowest BCUT2D eigenvalue weighted by Gasteiger charge is -2.19. The number of alkyl halides is 3. The molecule has 158 valence electrons. The zero-order valence-corrected chi connectivity index (χ0v) is 20.4. The molecule has 0 radical (unpaired) electrons. The van der Waals surface area contributed by atoms with Crippen LogP contribution in [0.4, 0.5) is 0 Å². The minimum atomic E-state index is -0.604. The van der Waals surface area contributed by atoms with Gasteiger partial charge in [-0.05, 0) is 38.5 Å². The lowest BCUT2D eigenvalue weighted by molar-refractivity contribution is -0.0809. The maximum absolute atomic E-state index is 9.90. The van der Waals surface area contributed by atoms with Crippen LogP contribution in [0.15, 0.2) is 0 Å². The molecule has 0 fully saturated rings. The number of halogens is 3. The van der Waals surface area contributed by atoms with E-state index in [0.29, 0.717) is 33.0 Å². The SMILES string of the molecule is OC(COCCCCBr)COCC(COCCCCBr)OCCCCBr. The molecule has 2 atom stereocenters. The summed E-state index contributed by atoms with van der Waals surface area (Å²) in [5, 5.41) is 12.9. The quantitative estimate of drug-likeness (QED) is 0.165. The topological polar surface area (TPSA) is 57.2 Å². The van der Waals surface area contributed by atoms with Crippen molar-refractivity contribution in [3.05, 3.63) is 0 Å². The number of aliphatic hydroxyl groups is 1. The van der Waals surface area contributed by atoms with Gasteiger partial charge in [-0.3, -0.25) is 0 Å². The Bertz CT molecular complexity index is 275. The fourth-order valence-corrected chi connectivity index (χ4v) is 3.20. The molecule has 0 aromatic heterocycles. The third-order valence-electron chi connectivity index (χ3n) is 3.45. The highest BCUT2D eigenvalue weighted by Crippen LogP contribution is 2.03. The van der Waals surface area contributed by atoms with E-state index >= 15 is 0 Å². The van der Waals surface area contributed by atoms with Crippen molar-refractivity contribution >= 4 is 47.8 Å². The molecule has 0 rings (SSSR count). The number of hydrogen-bond donors (Lipinski definition) is 1. The summed E-state index contributed by atoms with van der Waals surface area (Å²) < 4.78 is 22.6. The Kier molecular flexibility index (Phi) is 23.6. The summed E-state index contributed by atoms with van der Waals surface area (Å²) in [5.74, 6) is 0. The highest BCUT2D eigenvalue weighted by Gasteiger charge is 2.12. The van der Waals surface area contributed by atoms with Crippen LogP contribution < -0.4 is 0 Å².